The van der Waals surface area contributed by atoms with Crippen LogP contribution in [0.4, 0.5) is 10.5 Å². The molecule has 162 valence electrons. The van der Waals surface area contributed by atoms with Crippen LogP contribution in [0, 0.1) is 0 Å². The largest absolute Gasteiger partial charge is 0.338 e. The van der Waals surface area contributed by atoms with Crippen molar-refractivity contribution in [3.8, 4) is 0 Å². The molecule has 7 nitrogen and oxygen atoms in total. The fourth-order valence-corrected chi connectivity index (χ4v) is 3.88. The van der Waals surface area contributed by atoms with E-state index in [-0.39, 0.29) is 11.8 Å². The summed E-state index contributed by atoms with van der Waals surface area (Å²) in [6, 6.07) is 15.6. The van der Waals surface area contributed by atoms with E-state index in [0.717, 1.165) is 12.0 Å². The minimum Gasteiger partial charge on any atom is -0.338 e. The number of carbonyl (C=O) groups is 4. The summed E-state index contributed by atoms with van der Waals surface area (Å²) in [5.74, 6) is -1.40. The van der Waals surface area contributed by atoms with Gasteiger partial charge in [0.15, 0.2) is 5.78 Å². The molecule has 0 saturated heterocycles. The molecule has 3 amide bonds. The molecule has 0 unspecified atom stereocenters. The molecule has 3 aromatic carbocycles. The summed E-state index contributed by atoms with van der Waals surface area (Å²) in [6.45, 7) is 2.85. The van der Waals surface area contributed by atoms with Crippen molar-refractivity contribution in [3.05, 3.63) is 76.9 Å². The minimum atomic E-state index is -0.667. The summed E-state index contributed by atoms with van der Waals surface area (Å²) in [5, 5.41) is 9.46. The third-order valence-corrected chi connectivity index (χ3v) is 5.39. The van der Waals surface area contributed by atoms with E-state index < -0.39 is 11.7 Å². The summed E-state index contributed by atoms with van der Waals surface area (Å²) < 4.78 is 0. The average molecular weight is 429 g/mol. The SMILES string of the molecule is CCCNC(=O)NCCc1cc(C(=O)c2ccccc2)cc2ccc3c(c12)C(=O)C(=O)N3. The molecule has 3 aromatic rings. The van der Waals surface area contributed by atoms with Crippen LogP contribution in [-0.4, -0.2) is 36.6 Å². The van der Waals surface area contributed by atoms with Gasteiger partial charge in [0.25, 0.3) is 11.7 Å². The van der Waals surface area contributed by atoms with E-state index in [9.17, 15) is 19.2 Å². The molecule has 0 atom stereocenters. The fraction of sp³-hybridized carbons (Fsp3) is 0.200. The van der Waals surface area contributed by atoms with Crippen LogP contribution in [-0.2, 0) is 11.2 Å². The lowest BCUT2D eigenvalue weighted by atomic mass is 9.91. The second kappa shape index (κ2) is 9.01. The standard InChI is InChI=1S/C25H23N3O4/c1-2-11-26-25(32)27-12-10-17-14-18(22(29)15-6-4-3-5-7-15)13-16-8-9-19-21(20(16)17)23(30)24(31)28-19/h3-9,13-14H,2,10-12H2,1H3,(H2,26,27,32)(H,28,30,31). The lowest BCUT2D eigenvalue weighted by Crippen LogP contribution is -2.36. The molecule has 7 heteroatoms. The highest BCUT2D eigenvalue weighted by Crippen LogP contribution is 2.34. The Morgan fingerprint density at radius 3 is 2.41 bits per heavy atom. The van der Waals surface area contributed by atoms with E-state index in [2.05, 4.69) is 16.0 Å². The molecule has 0 bridgehead atoms. The number of ketones is 2. The predicted molar refractivity (Wildman–Crippen MR) is 122 cm³/mol. The third-order valence-electron chi connectivity index (χ3n) is 5.39. The smallest absolute Gasteiger partial charge is 0.314 e. The summed E-state index contributed by atoms with van der Waals surface area (Å²) in [4.78, 5) is 49.5. The molecule has 0 fully saturated rings. The van der Waals surface area contributed by atoms with Gasteiger partial charge in [-0.25, -0.2) is 4.79 Å². The van der Waals surface area contributed by atoms with Crippen LogP contribution in [0.3, 0.4) is 0 Å². The third kappa shape index (κ3) is 4.09. The van der Waals surface area contributed by atoms with Crippen molar-refractivity contribution in [2.24, 2.45) is 0 Å². The van der Waals surface area contributed by atoms with Gasteiger partial charge in [-0.2, -0.15) is 0 Å². The number of hydrogen-bond donors (Lipinski definition) is 3. The van der Waals surface area contributed by atoms with Crippen LogP contribution in [0.1, 0.15) is 45.2 Å². The molecule has 4 rings (SSSR count). The van der Waals surface area contributed by atoms with Crippen molar-refractivity contribution in [3.63, 3.8) is 0 Å². The van der Waals surface area contributed by atoms with Gasteiger partial charge in [0.1, 0.15) is 0 Å². The maximum atomic E-state index is 13.1. The van der Waals surface area contributed by atoms with Crippen molar-refractivity contribution in [1.82, 2.24) is 10.6 Å². The normalized spacial score (nSPS) is 12.4. The number of nitrogens with one attached hydrogen (secondary N) is 3. The molecular weight excluding hydrogens is 406 g/mol. The molecule has 1 heterocycles. The Balaban J connectivity index is 1.74. The lowest BCUT2D eigenvalue weighted by Gasteiger charge is -2.14. The Bertz CT molecular complexity index is 1230. The monoisotopic (exact) mass is 429 g/mol. The van der Waals surface area contributed by atoms with E-state index in [1.54, 1.807) is 48.5 Å². The minimum absolute atomic E-state index is 0.136. The first-order chi connectivity index (χ1) is 15.5. The topological polar surface area (TPSA) is 104 Å². The van der Waals surface area contributed by atoms with Gasteiger partial charge < -0.3 is 16.0 Å². The Labute approximate surface area is 185 Å². The summed E-state index contributed by atoms with van der Waals surface area (Å²) in [7, 11) is 0. The number of Topliss-reactive ketones (excluding diaryl/α,β-unsaturated/α-hetero) is 1. The fourth-order valence-electron chi connectivity index (χ4n) is 3.88. The highest BCUT2D eigenvalue weighted by Gasteiger charge is 2.31. The van der Waals surface area contributed by atoms with E-state index in [1.807, 2.05) is 13.0 Å². The van der Waals surface area contributed by atoms with Crippen molar-refractivity contribution >= 4 is 40.0 Å². The number of carbonyl (C=O) groups excluding carboxylic acids is 4. The van der Waals surface area contributed by atoms with Crippen LogP contribution < -0.4 is 16.0 Å². The molecule has 1 aliphatic heterocycles. The molecule has 0 saturated carbocycles. The first-order valence-electron chi connectivity index (χ1n) is 10.6. The molecule has 3 N–H and O–H groups in total. The Morgan fingerprint density at radius 2 is 1.66 bits per heavy atom. The summed E-state index contributed by atoms with van der Waals surface area (Å²) >= 11 is 0. The van der Waals surface area contributed by atoms with Gasteiger partial charge in [0, 0.05) is 24.2 Å². The van der Waals surface area contributed by atoms with Crippen molar-refractivity contribution in [2.75, 3.05) is 18.4 Å². The quantitative estimate of drug-likeness (QED) is 0.395. The second-order valence-corrected chi connectivity index (χ2v) is 7.63. The van der Waals surface area contributed by atoms with Crippen LogP contribution >= 0.6 is 0 Å². The Kier molecular flexibility index (Phi) is 5.98. The molecule has 0 aromatic heterocycles. The Morgan fingerprint density at radius 1 is 0.906 bits per heavy atom. The zero-order valence-electron chi connectivity index (χ0n) is 17.7. The van der Waals surface area contributed by atoms with E-state index in [1.165, 1.54) is 0 Å². The number of amides is 3. The zero-order valence-corrected chi connectivity index (χ0v) is 17.7. The molecule has 0 aliphatic carbocycles. The Hall–Kier alpha value is -4.00. The van der Waals surface area contributed by atoms with Gasteiger partial charge >= 0.3 is 6.03 Å². The highest BCUT2D eigenvalue weighted by atomic mass is 16.2. The first kappa shape index (κ1) is 21.2. The van der Waals surface area contributed by atoms with Gasteiger partial charge in [-0.15, -0.1) is 0 Å². The highest BCUT2D eigenvalue weighted by molar-refractivity contribution is 6.53. The van der Waals surface area contributed by atoms with E-state index >= 15 is 0 Å². The van der Waals surface area contributed by atoms with Crippen LogP contribution in [0.5, 0.6) is 0 Å². The predicted octanol–water partition coefficient (Wildman–Crippen LogP) is 3.46. The molecule has 0 radical (unpaired) electrons. The van der Waals surface area contributed by atoms with Gasteiger partial charge in [-0.3, -0.25) is 14.4 Å². The zero-order chi connectivity index (χ0) is 22.7. The molecular formula is C25H23N3O4. The maximum Gasteiger partial charge on any atom is 0.314 e. The number of fused-ring (bicyclic) bond motifs is 3. The van der Waals surface area contributed by atoms with Gasteiger partial charge in [0.05, 0.1) is 11.3 Å². The summed E-state index contributed by atoms with van der Waals surface area (Å²) in [5.41, 5.74) is 2.54. The van der Waals surface area contributed by atoms with E-state index in [0.29, 0.717) is 52.7 Å². The van der Waals surface area contributed by atoms with Crippen molar-refractivity contribution < 1.29 is 19.2 Å². The van der Waals surface area contributed by atoms with Crippen molar-refractivity contribution in [2.45, 2.75) is 19.8 Å². The molecule has 1 aliphatic rings. The van der Waals surface area contributed by atoms with Crippen LogP contribution in [0.15, 0.2) is 54.6 Å². The average Bonchev–Trinajstić information content (AvgIpc) is 3.11. The van der Waals surface area contributed by atoms with Gasteiger partial charge in [-0.1, -0.05) is 43.3 Å². The molecule has 0 spiro atoms. The van der Waals surface area contributed by atoms with Crippen LogP contribution in [0.2, 0.25) is 0 Å². The van der Waals surface area contributed by atoms with Crippen LogP contribution in [0.25, 0.3) is 10.8 Å². The molecule has 32 heavy (non-hydrogen) atoms. The number of benzene rings is 3. The number of rotatable bonds is 7. The first-order valence-corrected chi connectivity index (χ1v) is 10.6. The number of anilines is 1. The maximum absolute atomic E-state index is 13.1. The van der Waals surface area contributed by atoms with E-state index in [4.69, 9.17) is 0 Å². The number of hydrogen-bond acceptors (Lipinski definition) is 4. The summed E-state index contributed by atoms with van der Waals surface area (Å²) in [6.07, 6.45) is 1.22. The lowest BCUT2D eigenvalue weighted by molar-refractivity contribution is -0.112. The number of urea groups is 1. The van der Waals surface area contributed by atoms with Gasteiger partial charge in [0.2, 0.25) is 0 Å². The van der Waals surface area contributed by atoms with Gasteiger partial charge in [-0.05, 0) is 47.4 Å². The second-order valence-electron chi connectivity index (χ2n) is 7.63. The van der Waals surface area contributed by atoms with Crippen molar-refractivity contribution in [1.29, 1.82) is 0 Å².